The average molecular weight is 447 g/mol. The van der Waals surface area contributed by atoms with E-state index in [1.54, 1.807) is 0 Å². The summed E-state index contributed by atoms with van der Waals surface area (Å²) in [6, 6.07) is -2.10. The maximum absolute atomic E-state index is 14.4. The third-order valence-electron chi connectivity index (χ3n) is 8.03. The molecule has 31 heavy (non-hydrogen) atoms. The van der Waals surface area contributed by atoms with E-state index in [-0.39, 0.29) is 53.0 Å². The SMILES string of the molecule is CC(C)NC(=O)C1CCC([N+](=O)[O-])C2NC(C3CNC4C(F)C(F)C(F)CC34)CCC12. The van der Waals surface area contributed by atoms with Crippen LogP contribution >= 0.6 is 0 Å². The summed E-state index contributed by atoms with van der Waals surface area (Å²) in [7, 11) is 0. The van der Waals surface area contributed by atoms with Gasteiger partial charge in [-0.15, -0.1) is 0 Å². The fraction of sp³-hybridized carbons (Fsp3) is 0.952. The van der Waals surface area contributed by atoms with Gasteiger partial charge in [-0.25, -0.2) is 13.2 Å². The molecule has 2 saturated carbocycles. The van der Waals surface area contributed by atoms with Crippen LogP contribution in [0.4, 0.5) is 13.2 Å². The number of nitrogens with one attached hydrogen (secondary N) is 3. The van der Waals surface area contributed by atoms with Gasteiger partial charge in [-0.2, -0.15) is 0 Å². The molecular weight excluding hydrogens is 413 g/mol. The lowest BCUT2D eigenvalue weighted by Gasteiger charge is -2.47. The minimum absolute atomic E-state index is 0.00194. The van der Waals surface area contributed by atoms with Crippen LogP contribution < -0.4 is 16.0 Å². The second-order valence-electron chi connectivity index (χ2n) is 10.1. The Balaban J connectivity index is 1.50. The number of rotatable bonds is 4. The maximum atomic E-state index is 14.4. The number of carbonyl (C=O) groups excluding carboxylic acids is 1. The van der Waals surface area contributed by atoms with E-state index in [4.69, 9.17) is 0 Å². The number of carbonyl (C=O) groups is 1. The van der Waals surface area contributed by atoms with Crippen molar-refractivity contribution in [1.29, 1.82) is 0 Å². The van der Waals surface area contributed by atoms with Crippen molar-refractivity contribution in [3.8, 4) is 0 Å². The minimum atomic E-state index is -2.10. The average Bonchev–Trinajstić information content (AvgIpc) is 3.13. The molecule has 0 aromatic carbocycles. The molecule has 11 unspecified atom stereocenters. The molecule has 4 rings (SSSR count). The molecule has 11 atom stereocenters. The predicted octanol–water partition coefficient (Wildman–Crippen LogP) is 1.93. The molecule has 4 aliphatic rings. The first-order valence-electron chi connectivity index (χ1n) is 11.5. The van der Waals surface area contributed by atoms with Crippen LogP contribution in [0.15, 0.2) is 0 Å². The second-order valence-corrected chi connectivity index (χ2v) is 10.1. The van der Waals surface area contributed by atoms with Crippen molar-refractivity contribution in [2.75, 3.05) is 6.54 Å². The normalized spacial score (nSPS) is 47.5. The lowest BCUT2D eigenvalue weighted by molar-refractivity contribution is -0.533. The summed E-state index contributed by atoms with van der Waals surface area (Å²) in [4.78, 5) is 24.2. The Labute approximate surface area is 180 Å². The highest BCUT2D eigenvalue weighted by Crippen LogP contribution is 2.44. The summed E-state index contributed by atoms with van der Waals surface area (Å²) < 4.78 is 42.3. The zero-order valence-corrected chi connectivity index (χ0v) is 18.0. The van der Waals surface area contributed by atoms with Gasteiger partial charge in [0.05, 0.1) is 6.04 Å². The molecule has 176 valence electrons. The molecule has 2 saturated heterocycles. The van der Waals surface area contributed by atoms with Crippen LogP contribution in [-0.2, 0) is 4.79 Å². The van der Waals surface area contributed by atoms with Gasteiger partial charge in [0.2, 0.25) is 11.9 Å². The molecule has 3 N–H and O–H groups in total. The van der Waals surface area contributed by atoms with E-state index >= 15 is 0 Å². The van der Waals surface area contributed by atoms with Crippen molar-refractivity contribution in [3.63, 3.8) is 0 Å². The Kier molecular flexibility index (Phi) is 6.49. The zero-order valence-electron chi connectivity index (χ0n) is 18.0. The molecule has 0 spiro atoms. The molecule has 2 heterocycles. The van der Waals surface area contributed by atoms with Crippen molar-refractivity contribution in [2.24, 2.45) is 23.7 Å². The molecule has 0 aromatic rings. The number of amides is 1. The van der Waals surface area contributed by atoms with Crippen molar-refractivity contribution in [3.05, 3.63) is 10.1 Å². The minimum Gasteiger partial charge on any atom is -0.354 e. The number of nitro groups is 1. The van der Waals surface area contributed by atoms with Crippen molar-refractivity contribution >= 4 is 5.91 Å². The number of halogens is 3. The van der Waals surface area contributed by atoms with Gasteiger partial charge in [-0.1, -0.05) is 0 Å². The fourth-order valence-electron chi connectivity index (χ4n) is 6.63. The molecule has 0 radical (unpaired) electrons. The smallest absolute Gasteiger partial charge is 0.228 e. The van der Waals surface area contributed by atoms with Gasteiger partial charge < -0.3 is 16.0 Å². The fourth-order valence-corrected chi connectivity index (χ4v) is 6.63. The largest absolute Gasteiger partial charge is 0.354 e. The third kappa shape index (κ3) is 4.17. The Morgan fingerprint density at radius 3 is 2.45 bits per heavy atom. The zero-order chi connectivity index (χ0) is 22.4. The maximum Gasteiger partial charge on any atom is 0.228 e. The van der Waals surface area contributed by atoms with E-state index < -0.39 is 36.6 Å². The molecule has 2 aliphatic carbocycles. The molecule has 7 nitrogen and oxygen atoms in total. The standard InChI is InChI=1S/C21H33F3N4O3/c1-9(2)26-21(29)11-4-6-16(28(30)31)19-10(11)3-5-15(27-19)13-8-25-20-12(13)7-14(22)17(23)18(20)24/h9-20,25,27H,3-8H2,1-2H3,(H,26,29). The Morgan fingerprint density at radius 1 is 1.03 bits per heavy atom. The predicted molar refractivity (Wildman–Crippen MR) is 108 cm³/mol. The Hall–Kier alpha value is -1.42. The van der Waals surface area contributed by atoms with Gasteiger partial charge in [-0.05, 0) is 57.3 Å². The van der Waals surface area contributed by atoms with Crippen molar-refractivity contribution in [2.45, 2.75) is 94.7 Å². The Bertz CT molecular complexity index is 699. The third-order valence-corrected chi connectivity index (χ3v) is 8.03. The van der Waals surface area contributed by atoms with Crippen LogP contribution in [0.3, 0.4) is 0 Å². The molecule has 0 aromatic heterocycles. The highest BCUT2D eigenvalue weighted by molar-refractivity contribution is 5.79. The van der Waals surface area contributed by atoms with Gasteiger partial charge in [-0.3, -0.25) is 14.9 Å². The topological polar surface area (TPSA) is 96.3 Å². The van der Waals surface area contributed by atoms with Crippen LogP contribution in [0.2, 0.25) is 0 Å². The highest BCUT2D eigenvalue weighted by atomic mass is 19.2. The van der Waals surface area contributed by atoms with E-state index in [0.717, 1.165) is 0 Å². The number of piperidine rings is 1. The summed E-state index contributed by atoms with van der Waals surface area (Å²) in [5.41, 5.74) is 0. The van der Waals surface area contributed by atoms with Crippen LogP contribution in [0, 0.1) is 33.8 Å². The van der Waals surface area contributed by atoms with E-state index in [2.05, 4.69) is 16.0 Å². The summed E-state index contributed by atoms with van der Waals surface area (Å²) >= 11 is 0. The summed E-state index contributed by atoms with van der Waals surface area (Å²) in [6.07, 6.45) is -3.69. The molecule has 4 fully saturated rings. The summed E-state index contributed by atoms with van der Waals surface area (Å²) in [5.74, 6) is -0.944. The number of alkyl halides is 3. The van der Waals surface area contributed by atoms with E-state index in [1.807, 2.05) is 13.8 Å². The van der Waals surface area contributed by atoms with Gasteiger partial charge in [0.25, 0.3) is 0 Å². The molecule has 10 heteroatoms. The quantitative estimate of drug-likeness (QED) is 0.453. The number of hydrogen-bond donors (Lipinski definition) is 3. The number of hydrogen-bond acceptors (Lipinski definition) is 5. The van der Waals surface area contributed by atoms with Crippen LogP contribution in [0.5, 0.6) is 0 Å². The van der Waals surface area contributed by atoms with Crippen LogP contribution in [0.1, 0.15) is 46.0 Å². The van der Waals surface area contributed by atoms with E-state index in [0.29, 0.717) is 32.2 Å². The monoisotopic (exact) mass is 446 g/mol. The second kappa shape index (κ2) is 8.84. The number of fused-ring (bicyclic) bond motifs is 2. The highest BCUT2D eigenvalue weighted by Gasteiger charge is 2.56. The van der Waals surface area contributed by atoms with Gasteiger partial charge >= 0.3 is 0 Å². The first-order chi connectivity index (χ1) is 14.7. The van der Waals surface area contributed by atoms with E-state index in [9.17, 15) is 28.1 Å². The van der Waals surface area contributed by atoms with E-state index in [1.165, 1.54) is 0 Å². The molecular formula is C21H33F3N4O3. The molecule has 2 aliphatic heterocycles. The van der Waals surface area contributed by atoms with Crippen LogP contribution in [-0.4, -0.2) is 66.1 Å². The van der Waals surface area contributed by atoms with Crippen molar-refractivity contribution in [1.82, 2.24) is 16.0 Å². The first kappa shape index (κ1) is 22.8. The van der Waals surface area contributed by atoms with Crippen LogP contribution in [0.25, 0.3) is 0 Å². The van der Waals surface area contributed by atoms with Gasteiger partial charge in [0.1, 0.15) is 12.3 Å². The van der Waals surface area contributed by atoms with Crippen molar-refractivity contribution < 1.29 is 22.9 Å². The van der Waals surface area contributed by atoms with Gasteiger partial charge in [0, 0.05) is 41.9 Å². The molecule has 0 bridgehead atoms. The Morgan fingerprint density at radius 2 is 1.77 bits per heavy atom. The molecule has 1 amide bonds. The first-order valence-corrected chi connectivity index (χ1v) is 11.5. The number of nitrogens with zero attached hydrogens (tertiary/aromatic N) is 1. The summed E-state index contributed by atoms with van der Waals surface area (Å²) in [6.45, 7) is 4.21. The lowest BCUT2D eigenvalue weighted by atomic mass is 9.66. The lowest BCUT2D eigenvalue weighted by Crippen LogP contribution is -2.63. The van der Waals surface area contributed by atoms with Gasteiger partial charge in [0.15, 0.2) is 6.17 Å². The summed E-state index contributed by atoms with van der Waals surface area (Å²) in [5, 5.41) is 21.2.